The van der Waals surface area contributed by atoms with E-state index in [9.17, 15) is 13.2 Å². The van der Waals surface area contributed by atoms with E-state index in [0.717, 1.165) is 18.5 Å². The highest BCUT2D eigenvalue weighted by molar-refractivity contribution is 7.87. The molecule has 0 bridgehead atoms. The van der Waals surface area contributed by atoms with Crippen LogP contribution in [0.1, 0.15) is 23.2 Å². The van der Waals surface area contributed by atoms with E-state index in [1.807, 2.05) is 0 Å². The van der Waals surface area contributed by atoms with Crippen LogP contribution < -0.4 is 4.18 Å². The Morgan fingerprint density at radius 1 is 1.00 bits per heavy atom. The summed E-state index contributed by atoms with van der Waals surface area (Å²) >= 11 is 0. The lowest BCUT2D eigenvalue weighted by atomic mass is 10.2. The smallest absolute Gasteiger partial charge is 0.339 e. The molecule has 1 aliphatic rings. The predicted octanol–water partition coefficient (Wildman–Crippen LogP) is 2.88. The van der Waals surface area contributed by atoms with E-state index in [2.05, 4.69) is 5.10 Å². The summed E-state index contributed by atoms with van der Waals surface area (Å²) in [5, 5.41) is 4.12. The summed E-state index contributed by atoms with van der Waals surface area (Å²) in [4.78, 5) is 14.2. The normalized spacial score (nSPS) is 14.2. The molecule has 0 radical (unpaired) electrons. The summed E-state index contributed by atoms with van der Waals surface area (Å²) in [7, 11) is -4.05. The fraction of sp³-hybridized carbons (Fsp3) is 0.200. The van der Waals surface area contributed by atoms with E-state index in [0.29, 0.717) is 18.7 Å². The van der Waals surface area contributed by atoms with Gasteiger partial charge < -0.3 is 9.08 Å². The average molecular weight is 397 g/mol. The third kappa shape index (κ3) is 3.77. The van der Waals surface area contributed by atoms with Gasteiger partial charge in [-0.15, -0.1) is 0 Å². The summed E-state index contributed by atoms with van der Waals surface area (Å²) in [5.41, 5.74) is 1.13. The lowest BCUT2D eigenvalue weighted by molar-refractivity contribution is 0.0792. The lowest BCUT2D eigenvalue weighted by Crippen LogP contribution is -2.27. The Morgan fingerprint density at radius 2 is 1.75 bits per heavy atom. The number of aromatic nitrogens is 2. The number of likely N-dealkylation sites (tertiary alicyclic amines) is 1. The molecule has 0 saturated carbocycles. The largest absolute Gasteiger partial charge is 0.379 e. The van der Waals surface area contributed by atoms with Crippen LogP contribution in [0, 0.1) is 0 Å². The van der Waals surface area contributed by atoms with Crippen molar-refractivity contribution in [3.05, 3.63) is 72.6 Å². The molecule has 0 atom stereocenters. The number of carbonyl (C=O) groups excluding carboxylic acids is 1. The van der Waals surface area contributed by atoms with E-state index >= 15 is 0 Å². The molecule has 2 aromatic carbocycles. The highest BCUT2D eigenvalue weighted by Gasteiger charge is 2.23. The van der Waals surface area contributed by atoms with Crippen LogP contribution in [-0.2, 0) is 10.1 Å². The van der Waals surface area contributed by atoms with Crippen molar-refractivity contribution in [2.45, 2.75) is 17.7 Å². The Bertz CT molecular complexity index is 1070. The zero-order valence-corrected chi connectivity index (χ0v) is 15.9. The molecular weight excluding hydrogens is 378 g/mol. The van der Waals surface area contributed by atoms with E-state index < -0.39 is 10.1 Å². The molecule has 0 unspecified atom stereocenters. The average Bonchev–Trinajstić information content (AvgIpc) is 3.42. The van der Waals surface area contributed by atoms with Crippen LogP contribution in [0.5, 0.6) is 5.75 Å². The third-order valence-electron chi connectivity index (χ3n) is 4.57. The van der Waals surface area contributed by atoms with Gasteiger partial charge in [0, 0.05) is 31.0 Å². The summed E-state index contributed by atoms with van der Waals surface area (Å²) in [6, 6.07) is 14.3. The first kappa shape index (κ1) is 18.2. The summed E-state index contributed by atoms with van der Waals surface area (Å²) in [6.45, 7) is 1.41. The molecule has 144 valence electrons. The minimum absolute atomic E-state index is 0.0475. The maximum atomic E-state index is 12.6. The van der Waals surface area contributed by atoms with Gasteiger partial charge in [-0.25, -0.2) is 4.68 Å². The Balaban J connectivity index is 1.53. The van der Waals surface area contributed by atoms with Gasteiger partial charge in [0.05, 0.1) is 5.69 Å². The van der Waals surface area contributed by atoms with Gasteiger partial charge >= 0.3 is 10.1 Å². The van der Waals surface area contributed by atoms with Gasteiger partial charge in [-0.3, -0.25) is 4.79 Å². The highest BCUT2D eigenvalue weighted by Crippen LogP contribution is 2.22. The minimum Gasteiger partial charge on any atom is -0.379 e. The van der Waals surface area contributed by atoms with Crippen molar-refractivity contribution >= 4 is 16.0 Å². The Hall–Kier alpha value is -3.13. The van der Waals surface area contributed by atoms with E-state index in [-0.39, 0.29) is 16.6 Å². The topological polar surface area (TPSA) is 81.5 Å². The summed E-state index contributed by atoms with van der Waals surface area (Å²) in [6.07, 6.45) is 5.39. The first-order chi connectivity index (χ1) is 13.5. The number of hydrogen-bond acceptors (Lipinski definition) is 5. The molecule has 0 N–H and O–H groups in total. The van der Waals surface area contributed by atoms with Crippen LogP contribution in [0.15, 0.2) is 71.9 Å². The molecule has 1 saturated heterocycles. The van der Waals surface area contributed by atoms with Crippen LogP contribution in [0.4, 0.5) is 0 Å². The maximum Gasteiger partial charge on any atom is 0.339 e. The number of rotatable bonds is 5. The van der Waals surface area contributed by atoms with Crippen LogP contribution in [0.2, 0.25) is 0 Å². The maximum absolute atomic E-state index is 12.6. The molecule has 1 fully saturated rings. The molecular formula is C20H19N3O4S. The van der Waals surface area contributed by atoms with E-state index in [1.54, 1.807) is 64.4 Å². The predicted molar refractivity (Wildman–Crippen MR) is 103 cm³/mol. The molecule has 7 nitrogen and oxygen atoms in total. The van der Waals surface area contributed by atoms with Gasteiger partial charge in [0.2, 0.25) is 0 Å². The first-order valence-electron chi connectivity index (χ1n) is 8.97. The highest BCUT2D eigenvalue weighted by atomic mass is 32.2. The monoisotopic (exact) mass is 397 g/mol. The number of carbonyl (C=O) groups is 1. The van der Waals surface area contributed by atoms with Crippen molar-refractivity contribution in [1.29, 1.82) is 0 Å². The van der Waals surface area contributed by atoms with Crippen molar-refractivity contribution < 1.29 is 17.4 Å². The van der Waals surface area contributed by atoms with Crippen molar-refractivity contribution in [2.24, 2.45) is 0 Å². The Labute approximate surface area is 163 Å². The molecule has 1 aromatic heterocycles. The van der Waals surface area contributed by atoms with Crippen LogP contribution in [0.25, 0.3) is 5.69 Å². The Morgan fingerprint density at radius 3 is 2.43 bits per heavy atom. The third-order valence-corrected chi connectivity index (χ3v) is 5.82. The lowest BCUT2D eigenvalue weighted by Gasteiger charge is -2.15. The van der Waals surface area contributed by atoms with Gasteiger partial charge in [-0.2, -0.15) is 13.5 Å². The molecule has 3 aromatic rings. The summed E-state index contributed by atoms with van der Waals surface area (Å²) in [5.74, 6) is 0.0327. The van der Waals surface area contributed by atoms with Gasteiger partial charge in [-0.05, 0) is 61.4 Å². The van der Waals surface area contributed by atoms with Gasteiger partial charge in [0.1, 0.15) is 10.6 Å². The first-order valence-corrected chi connectivity index (χ1v) is 10.4. The Kier molecular flexibility index (Phi) is 4.87. The summed E-state index contributed by atoms with van der Waals surface area (Å²) < 4.78 is 32.2. The van der Waals surface area contributed by atoms with Crippen molar-refractivity contribution in [2.75, 3.05) is 13.1 Å². The van der Waals surface area contributed by atoms with E-state index in [1.165, 1.54) is 12.1 Å². The number of benzene rings is 2. The van der Waals surface area contributed by atoms with Crippen LogP contribution >= 0.6 is 0 Å². The van der Waals surface area contributed by atoms with Crippen molar-refractivity contribution in [3.8, 4) is 11.4 Å². The van der Waals surface area contributed by atoms with Gasteiger partial charge in [-0.1, -0.05) is 6.07 Å². The van der Waals surface area contributed by atoms with Crippen LogP contribution in [0.3, 0.4) is 0 Å². The molecule has 1 aliphatic heterocycles. The molecule has 4 rings (SSSR count). The zero-order chi connectivity index (χ0) is 19.6. The molecule has 0 spiro atoms. The molecule has 28 heavy (non-hydrogen) atoms. The molecule has 0 aliphatic carbocycles. The molecule has 8 heteroatoms. The second-order valence-electron chi connectivity index (χ2n) is 6.51. The minimum atomic E-state index is -4.05. The van der Waals surface area contributed by atoms with Gasteiger partial charge in [0.15, 0.2) is 0 Å². The second-order valence-corrected chi connectivity index (χ2v) is 8.06. The second kappa shape index (κ2) is 7.47. The SMILES string of the molecule is O=C(c1cccc(S(=O)(=O)Oc2ccc(-n3cccn3)cc2)c1)N1CCCC1. The van der Waals surface area contributed by atoms with Crippen molar-refractivity contribution in [1.82, 2.24) is 14.7 Å². The van der Waals surface area contributed by atoms with Crippen LogP contribution in [-0.4, -0.2) is 42.1 Å². The number of hydrogen-bond donors (Lipinski definition) is 0. The van der Waals surface area contributed by atoms with E-state index in [4.69, 9.17) is 4.18 Å². The number of amides is 1. The molecule has 1 amide bonds. The number of nitrogens with zero attached hydrogens (tertiary/aromatic N) is 3. The quantitative estimate of drug-likeness (QED) is 0.619. The fourth-order valence-corrected chi connectivity index (χ4v) is 4.12. The molecule has 2 heterocycles. The standard InChI is InChI=1S/C20H19N3O4S/c24-20(22-12-1-2-13-22)16-5-3-6-19(15-16)28(25,26)27-18-9-7-17(8-10-18)23-14-4-11-21-23/h3-11,14-15H,1-2,12-13H2. The van der Waals surface area contributed by atoms with Gasteiger partial charge in [0.25, 0.3) is 5.91 Å². The zero-order valence-electron chi connectivity index (χ0n) is 15.1. The van der Waals surface area contributed by atoms with Crippen molar-refractivity contribution in [3.63, 3.8) is 0 Å². The fourth-order valence-electron chi connectivity index (χ4n) is 3.14.